The molecule has 0 radical (unpaired) electrons. The van der Waals surface area contributed by atoms with Crippen LogP contribution >= 0.6 is 0 Å². The van der Waals surface area contributed by atoms with Gasteiger partial charge in [0.2, 0.25) is 0 Å². The third kappa shape index (κ3) is 4.32. The number of benzene rings is 1. The minimum absolute atomic E-state index is 0.0417. The van der Waals surface area contributed by atoms with Gasteiger partial charge in [0.1, 0.15) is 5.75 Å². The van der Waals surface area contributed by atoms with Crippen LogP contribution in [0.5, 0.6) is 5.75 Å². The van der Waals surface area contributed by atoms with Crippen LogP contribution in [0.1, 0.15) is 24.5 Å². The third-order valence-electron chi connectivity index (χ3n) is 4.60. The van der Waals surface area contributed by atoms with Crippen molar-refractivity contribution < 1.29 is 9.53 Å². The molecule has 1 N–H and O–H groups in total. The number of anilines is 1. The Kier molecular flexibility index (Phi) is 5.26. The molecule has 6 heteroatoms. The molecule has 0 saturated carbocycles. The SMILES string of the molecule is CCOc1cc(NC(=O)N2CC[C@@H](Cc3cnn(C)c3)C2)ccc1C. The average Bonchev–Trinajstić information content (AvgIpc) is 3.20. The number of amides is 2. The van der Waals surface area contributed by atoms with Crippen LogP contribution < -0.4 is 10.1 Å². The summed E-state index contributed by atoms with van der Waals surface area (Å²) < 4.78 is 7.42. The lowest BCUT2D eigenvalue weighted by Crippen LogP contribution is -2.33. The molecule has 134 valence electrons. The van der Waals surface area contributed by atoms with Gasteiger partial charge in [-0.2, -0.15) is 5.10 Å². The second-order valence-corrected chi connectivity index (χ2v) is 6.67. The fraction of sp³-hybridized carbons (Fsp3) is 0.474. The lowest BCUT2D eigenvalue weighted by atomic mass is 10.0. The number of nitrogens with zero attached hydrogens (tertiary/aromatic N) is 3. The van der Waals surface area contributed by atoms with Gasteiger partial charge in [-0.3, -0.25) is 4.68 Å². The van der Waals surface area contributed by atoms with Crippen molar-refractivity contribution in [2.24, 2.45) is 13.0 Å². The van der Waals surface area contributed by atoms with E-state index in [1.54, 1.807) is 0 Å². The summed E-state index contributed by atoms with van der Waals surface area (Å²) in [6.07, 6.45) is 5.95. The van der Waals surface area contributed by atoms with Gasteiger partial charge >= 0.3 is 6.03 Å². The molecule has 1 aromatic carbocycles. The van der Waals surface area contributed by atoms with Crippen LogP contribution in [0, 0.1) is 12.8 Å². The van der Waals surface area contributed by atoms with Crippen molar-refractivity contribution in [2.45, 2.75) is 26.7 Å². The van der Waals surface area contributed by atoms with Crippen LogP contribution in [0.3, 0.4) is 0 Å². The molecule has 1 aromatic heterocycles. The fourth-order valence-corrected chi connectivity index (χ4v) is 3.29. The number of carbonyl (C=O) groups is 1. The summed E-state index contributed by atoms with van der Waals surface area (Å²) in [4.78, 5) is 14.4. The topological polar surface area (TPSA) is 59.4 Å². The summed E-state index contributed by atoms with van der Waals surface area (Å²) in [5, 5.41) is 7.20. The molecule has 25 heavy (non-hydrogen) atoms. The minimum Gasteiger partial charge on any atom is -0.494 e. The van der Waals surface area contributed by atoms with E-state index in [2.05, 4.69) is 10.4 Å². The van der Waals surface area contributed by atoms with Gasteiger partial charge in [-0.15, -0.1) is 0 Å². The molecule has 1 fully saturated rings. The van der Waals surface area contributed by atoms with E-state index in [1.165, 1.54) is 5.56 Å². The Morgan fingerprint density at radius 1 is 1.44 bits per heavy atom. The highest BCUT2D eigenvalue weighted by molar-refractivity contribution is 5.89. The van der Waals surface area contributed by atoms with Gasteiger partial charge in [0.15, 0.2) is 0 Å². The molecule has 0 aliphatic carbocycles. The maximum Gasteiger partial charge on any atom is 0.321 e. The number of rotatable bonds is 5. The normalized spacial score (nSPS) is 16.9. The number of urea groups is 1. The standard InChI is InChI=1S/C19H26N4O2/c1-4-25-18-10-17(6-5-14(18)2)21-19(24)23-8-7-15(13-23)9-16-11-20-22(3)12-16/h5-6,10-12,15H,4,7-9,13H2,1-3H3,(H,21,24)/t15-/m0/s1. The van der Waals surface area contributed by atoms with Gasteiger partial charge in [-0.1, -0.05) is 6.07 Å². The first-order valence-electron chi connectivity index (χ1n) is 8.82. The molecule has 2 amide bonds. The van der Waals surface area contributed by atoms with Crippen LogP contribution in [0.15, 0.2) is 30.6 Å². The van der Waals surface area contributed by atoms with E-state index in [0.29, 0.717) is 12.5 Å². The summed E-state index contributed by atoms with van der Waals surface area (Å²) in [5.74, 6) is 1.31. The van der Waals surface area contributed by atoms with Crippen molar-refractivity contribution in [3.8, 4) is 5.75 Å². The monoisotopic (exact) mass is 342 g/mol. The van der Waals surface area contributed by atoms with Gasteiger partial charge in [0, 0.05) is 38.1 Å². The van der Waals surface area contributed by atoms with Crippen molar-refractivity contribution >= 4 is 11.7 Å². The second kappa shape index (κ2) is 7.59. The Bertz CT molecular complexity index is 741. The quantitative estimate of drug-likeness (QED) is 0.907. The van der Waals surface area contributed by atoms with Crippen molar-refractivity contribution in [3.63, 3.8) is 0 Å². The number of aromatic nitrogens is 2. The molecule has 2 aromatic rings. The Balaban J connectivity index is 1.56. The molecule has 2 heterocycles. The zero-order chi connectivity index (χ0) is 17.8. The van der Waals surface area contributed by atoms with Gasteiger partial charge in [-0.25, -0.2) is 4.79 Å². The first-order chi connectivity index (χ1) is 12.0. The van der Waals surface area contributed by atoms with Gasteiger partial charge < -0.3 is 15.0 Å². The van der Waals surface area contributed by atoms with E-state index in [1.807, 2.05) is 61.1 Å². The lowest BCUT2D eigenvalue weighted by Gasteiger charge is -2.18. The Morgan fingerprint density at radius 2 is 2.28 bits per heavy atom. The van der Waals surface area contributed by atoms with Gasteiger partial charge in [0.05, 0.1) is 12.8 Å². The van der Waals surface area contributed by atoms with Gasteiger partial charge in [0.25, 0.3) is 0 Å². The van der Waals surface area contributed by atoms with E-state index < -0.39 is 0 Å². The number of aryl methyl sites for hydroxylation is 2. The first-order valence-corrected chi connectivity index (χ1v) is 8.82. The van der Waals surface area contributed by atoms with Gasteiger partial charge in [-0.05, 0) is 49.8 Å². The van der Waals surface area contributed by atoms with E-state index in [0.717, 1.165) is 42.9 Å². The molecule has 1 aliphatic rings. The number of nitrogens with one attached hydrogen (secondary N) is 1. The van der Waals surface area contributed by atoms with Crippen LogP contribution in [0.2, 0.25) is 0 Å². The number of ether oxygens (including phenoxy) is 1. The van der Waals surface area contributed by atoms with Crippen molar-refractivity contribution in [1.29, 1.82) is 0 Å². The molecule has 3 rings (SSSR count). The summed E-state index contributed by atoms with van der Waals surface area (Å²) in [6, 6.07) is 5.73. The van der Waals surface area contributed by atoms with E-state index in [-0.39, 0.29) is 6.03 Å². The van der Waals surface area contributed by atoms with Crippen LogP contribution in [0.4, 0.5) is 10.5 Å². The highest BCUT2D eigenvalue weighted by Gasteiger charge is 2.26. The smallest absolute Gasteiger partial charge is 0.321 e. The molecule has 0 bridgehead atoms. The van der Waals surface area contributed by atoms with Crippen molar-refractivity contribution in [2.75, 3.05) is 25.0 Å². The molecular formula is C19H26N4O2. The zero-order valence-corrected chi connectivity index (χ0v) is 15.2. The number of hydrogen-bond acceptors (Lipinski definition) is 3. The molecule has 0 unspecified atom stereocenters. The number of hydrogen-bond donors (Lipinski definition) is 1. The highest BCUT2D eigenvalue weighted by atomic mass is 16.5. The molecular weight excluding hydrogens is 316 g/mol. The molecule has 6 nitrogen and oxygen atoms in total. The van der Waals surface area contributed by atoms with Crippen LogP contribution in [0.25, 0.3) is 0 Å². The third-order valence-corrected chi connectivity index (χ3v) is 4.60. The predicted octanol–water partition coefficient (Wildman–Crippen LogP) is 3.22. The molecule has 1 aliphatic heterocycles. The number of likely N-dealkylation sites (tertiary alicyclic amines) is 1. The minimum atomic E-state index is -0.0417. The van der Waals surface area contributed by atoms with Crippen LogP contribution in [-0.2, 0) is 13.5 Å². The zero-order valence-electron chi connectivity index (χ0n) is 15.2. The van der Waals surface area contributed by atoms with Crippen LogP contribution in [-0.4, -0.2) is 40.4 Å². The Labute approximate surface area is 148 Å². The van der Waals surface area contributed by atoms with Crippen molar-refractivity contribution in [3.05, 3.63) is 41.7 Å². The Hall–Kier alpha value is -2.50. The molecule has 1 saturated heterocycles. The van der Waals surface area contributed by atoms with E-state index >= 15 is 0 Å². The maximum atomic E-state index is 12.5. The average molecular weight is 342 g/mol. The lowest BCUT2D eigenvalue weighted by molar-refractivity contribution is 0.221. The fourth-order valence-electron chi connectivity index (χ4n) is 3.29. The first kappa shape index (κ1) is 17.3. The maximum absolute atomic E-state index is 12.5. The second-order valence-electron chi connectivity index (χ2n) is 6.67. The summed E-state index contributed by atoms with van der Waals surface area (Å²) in [7, 11) is 1.93. The summed E-state index contributed by atoms with van der Waals surface area (Å²) >= 11 is 0. The Morgan fingerprint density at radius 3 is 3.00 bits per heavy atom. The van der Waals surface area contributed by atoms with E-state index in [4.69, 9.17) is 4.74 Å². The predicted molar refractivity (Wildman–Crippen MR) is 98.0 cm³/mol. The summed E-state index contributed by atoms with van der Waals surface area (Å²) in [5.41, 5.74) is 3.07. The highest BCUT2D eigenvalue weighted by Crippen LogP contribution is 2.25. The molecule has 0 spiro atoms. The number of carbonyl (C=O) groups excluding carboxylic acids is 1. The van der Waals surface area contributed by atoms with E-state index in [9.17, 15) is 4.79 Å². The largest absolute Gasteiger partial charge is 0.494 e. The van der Waals surface area contributed by atoms with Crippen molar-refractivity contribution in [1.82, 2.24) is 14.7 Å². The molecule has 1 atom stereocenters. The summed E-state index contributed by atoms with van der Waals surface area (Å²) in [6.45, 7) is 6.14.